The highest BCUT2D eigenvalue weighted by molar-refractivity contribution is 7.99. The van der Waals surface area contributed by atoms with E-state index in [1.807, 2.05) is 49.4 Å². The Hall–Kier alpha value is -2.86. The van der Waals surface area contributed by atoms with E-state index in [1.165, 1.54) is 22.9 Å². The Kier molecular flexibility index (Phi) is 4.34. The predicted molar refractivity (Wildman–Crippen MR) is 103 cm³/mol. The first kappa shape index (κ1) is 16.6. The van der Waals surface area contributed by atoms with Gasteiger partial charge in [-0.05, 0) is 43.2 Å². The van der Waals surface area contributed by atoms with Crippen molar-refractivity contribution in [3.05, 3.63) is 65.4 Å². The Morgan fingerprint density at radius 2 is 1.96 bits per heavy atom. The van der Waals surface area contributed by atoms with Crippen molar-refractivity contribution < 1.29 is 9.21 Å². The van der Waals surface area contributed by atoms with Crippen LogP contribution >= 0.6 is 11.8 Å². The highest BCUT2D eigenvalue weighted by Gasteiger charge is 2.15. The summed E-state index contributed by atoms with van der Waals surface area (Å²) in [5.74, 6) is 0.740. The van der Waals surface area contributed by atoms with E-state index in [0.717, 1.165) is 16.5 Å². The second-order valence-electron chi connectivity index (χ2n) is 6.13. The number of benzene rings is 2. The van der Waals surface area contributed by atoms with Gasteiger partial charge in [0.15, 0.2) is 5.78 Å². The molecule has 0 aliphatic carbocycles. The van der Waals surface area contributed by atoms with E-state index in [1.54, 1.807) is 6.20 Å². The van der Waals surface area contributed by atoms with Crippen molar-refractivity contribution in [1.29, 1.82) is 0 Å². The molecule has 5 nitrogen and oxygen atoms in total. The average Bonchev–Trinajstić information content (AvgIpc) is 3.29. The van der Waals surface area contributed by atoms with Crippen LogP contribution in [0.2, 0.25) is 0 Å². The third-order valence-electron chi connectivity index (χ3n) is 4.38. The lowest BCUT2D eigenvalue weighted by atomic mass is 10.1. The number of ketones is 1. The summed E-state index contributed by atoms with van der Waals surface area (Å²) in [7, 11) is 0. The summed E-state index contributed by atoms with van der Waals surface area (Å²) in [6.07, 6.45) is 1.75. The summed E-state index contributed by atoms with van der Waals surface area (Å²) in [5.41, 5.74) is 4.91. The number of carbonyl (C=O) groups excluding carboxylic acids is 1. The molecular formula is C20H17N3O2S. The van der Waals surface area contributed by atoms with Crippen molar-refractivity contribution in [2.45, 2.75) is 19.1 Å². The molecule has 6 heteroatoms. The van der Waals surface area contributed by atoms with Crippen molar-refractivity contribution in [3.8, 4) is 11.5 Å². The zero-order chi connectivity index (χ0) is 18.1. The summed E-state index contributed by atoms with van der Waals surface area (Å²) >= 11 is 1.25. The molecule has 0 amide bonds. The maximum atomic E-state index is 12.5. The molecule has 0 saturated heterocycles. The van der Waals surface area contributed by atoms with Gasteiger partial charge in [-0.25, -0.2) is 0 Å². The van der Waals surface area contributed by atoms with Gasteiger partial charge in [0.05, 0.1) is 5.75 Å². The number of nitrogens with zero attached hydrogens (tertiary/aromatic N) is 2. The molecule has 0 aliphatic rings. The van der Waals surface area contributed by atoms with E-state index in [0.29, 0.717) is 16.7 Å². The number of aromatic nitrogens is 3. The number of fused-ring (bicyclic) bond motifs is 1. The highest BCUT2D eigenvalue weighted by atomic mass is 32.2. The van der Waals surface area contributed by atoms with E-state index in [-0.39, 0.29) is 11.5 Å². The predicted octanol–water partition coefficient (Wildman–Crippen LogP) is 4.81. The SMILES string of the molecule is Cc1ccc(-c2nnc(SCC(=O)c3c[nH]c4ccccc34)o2)cc1C. The second kappa shape index (κ2) is 6.80. The first-order chi connectivity index (χ1) is 12.6. The fourth-order valence-corrected chi connectivity index (χ4v) is 3.41. The fourth-order valence-electron chi connectivity index (χ4n) is 2.77. The van der Waals surface area contributed by atoms with Gasteiger partial charge in [-0.3, -0.25) is 4.79 Å². The molecule has 0 atom stereocenters. The maximum absolute atomic E-state index is 12.5. The maximum Gasteiger partial charge on any atom is 0.277 e. The van der Waals surface area contributed by atoms with Crippen LogP contribution in [-0.4, -0.2) is 26.7 Å². The molecule has 4 aromatic rings. The molecule has 0 fully saturated rings. The summed E-state index contributed by atoms with van der Waals surface area (Å²) in [4.78, 5) is 15.6. The van der Waals surface area contributed by atoms with Crippen LogP contribution in [0.5, 0.6) is 0 Å². The van der Waals surface area contributed by atoms with Crippen molar-refractivity contribution in [2.24, 2.45) is 0 Å². The van der Waals surface area contributed by atoms with Gasteiger partial charge in [-0.1, -0.05) is 36.0 Å². The Labute approximate surface area is 154 Å². The van der Waals surface area contributed by atoms with Crippen molar-refractivity contribution in [2.75, 3.05) is 5.75 Å². The third kappa shape index (κ3) is 3.15. The number of aromatic amines is 1. The molecule has 0 saturated carbocycles. The molecule has 1 N–H and O–H groups in total. The summed E-state index contributed by atoms with van der Waals surface area (Å²) in [6, 6.07) is 13.8. The standard InChI is InChI=1S/C20H17N3O2S/c1-12-7-8-14(9-13(12)2)19-22-23-20(25-19)26-11-18(24)16-10-21-17-6-4-3-5-15(16)17/h3-10,21H,11H2,1-2H3. The number of hydrogen-bond acceptors (Lipinski definition) is 5. The minimum Gasteiger partial charge on any atom is -0.411 e. The lowest BCUT2D eigenvalue weighted by molar-refractivity contribution is 0.102. The average molecular weight is 363 g/mol. The third-order valence-corrected chi connectivity index (χ3v) is 5.20. The topological polar surface area (TPSA) is 71.8 Å². The number of thioether (sulfide) groups is 1. The van der Waals surface area contributed by atoms with E-state index in [4.69, 9.17) is 4.42 Å². The molecule has 2 aromatic heterocycles. The summed E-state index contributed by atoms with van der Waals surface area (Å²) in [5, 5.41) is 9.46. The van der Waals surface area contributed by atoms with Gasteiger partial charge in [0, 0.05) is 28.2 Å². The molecule has 0 aliphatic heterocycles. The van der Waals surface area contributed by atoms with Crippen LogP contribution in [-0.2, 0) is 0 Å². The molecule has 130 valence electrons. The van der Waals surface area contributed by atoms with Crippen LogP contribution in [0, 0.1) is 13.8 Å². The number of Topliss-reactive ketones (excluding diaryl/α,β-unsaturated/α-hetero) is 1. The normalized spacial score (nSPS) is 11.2. The molecular weight excluding hydrogens is 346 g/mol. The number of carbonyl (C=O) groups is 1. The fraction of sp³-hybridized carbons (Fsp3) is 0.150. The largest absolute Gasteiger partial charge is 0.411 e. The Bertz CT molecular complexity index is 1100. The molecule has 0 spiro atoms. The van der Waals surface area contributed by atoms with Gasteiger partial charge in [-0.2, -0.15) is 0 Å². The zero-order valence-corrected chi connectivity index (χ0v) is 15.3. The van der Waals surface area contributed by atoms with Crippen molar-refractivity contribution >= 4 is 28.4 Å². The molecule has 4 rings (SSSR count). The Morgan fingerprint density at radius 3 is 2.81 bits per heavy atom. The Morgan fingerprint density at radius 1 is 1.12 bits per heavy atom. The zero-order valence-electron chi connectivity index (χ0n) is 14.4. The minimum absolute atomic E-state index is 0.0263. The van der Waals surface area contributed by atoms with Crippen LogP contribution in [0.3, 0.4) is 0 Å². The first-order valence-corrected chi connectivity index (χ1v) is 9.23. The second-order valence-corrected chi connectivity index (χ2v) is 7.06. The molecule has 0 radical (unpaired) electrons. The number of nitrogens with one attached hydrogen (secondary N) is 1. The number of rotatable bonds is 5. The lowest BCUT2D eigenvalue weighted by Gasteiger charge is -2.01. The number of hydrogen-bond donors (Lipinski definition) is 1. The highest BCUT2D eigenvalue weighted by Crippen LogP contribution is 2.26. The molecule has 0 bridgehead atoms. The quantitative estimate of drug-likeness (QED) is 0.407. The van der Waals surface area contributed by atoms with Gasteiger partial charge in [-0.15, -0.1) is 10.2 Å². The number of para-hydroxylation sites is 1. The van der Waals surface area contributed by atoms with Gasteiger partial charge in [0.25, 0.3) is 5.22 Å². The van der Waals surface area contributed by atoms with Crippen LogP contribution in [0.4, 0.5) is 0 Å². The van der Waals surface area contributed by atoms with Gasteiger partial charge >= 0.3 is 0 Å². The number of aryl methyl sites for hydroxylation is 2. The Balaban J connectivity index is 1.47. The molecule has 2 aromatic carbocycles. The lowest BCUT2D eigenvalue weighted by Crippen LogP contribution is -2.01. The van der Waals surface area contributed by atoms with Gasteiger partial charge in [0.1, 0.15) is 0 Å². The van der Waals surface area contributed by atoms with E-state index < -0.39 is 0 Å². The van der Waals surface area contributed by atoms with Crippen molar-refractivity contribution in [3.63, 3.8) is 0 Å². The summed E-state index contributed by atoms with van der Waals surface area (Å²) < 4.78 is 5.70. The first-order valence-electron chi connectivity index (χ1n) is 8.25. The minimum atomic E-state index is 0.0263. The monoisotopic (exact) mass is 363 g/mol. The van der Waals surface area contributed by atoms with Crippen LogP contribution in [0.1, 0.15) is 21.5 Å². The smallest absolute Gasteiger partial charge is 0.277 e. The molecule has 26 heavy (non-hydrogen) atoms. The van der Waals surface area contributed by atoms with Crippen molar-refractivity contribution in [1.82, 2.24) is 15.2 Å². The van der Waals surface area contributed by atoms with E-state index >= 15 is 0 Å². The molecule has 0 unspecified atom stereocenters. The molecule has 2 heterocycles. The van der Waals surface area contributed by atoms with Crippen LogP contribution in [0.15, 0.2) is 58.3 Å². The van der Waals surface area contributed by atoms with E-state index in [2.05, 4.69) is 22.1 Å². The van der Waals surface area contributed by atoms with Gasteiger partial charge in [0.2, 0.25) is 5.89 Å². The van der Waals surface area contributed by atoms with E-state index in [9.17, 15) is 4.79 Å². The van der Waals surface area contributed by atoms with Crippen LogP contribution in [0.25, 0.3) is 22.4 Å². The summed E-state index contributed by atoms with van der Waals surface area (Å²) in [6.45, 7) is 4.11. The van der Waals surface area contributed by atoms with Crippen LogP contribution < -0.4 is 0 Å². The van der Waals surface area contributed by atoms with Gasteiger partial charge < -0.3 is 9.40 Å². The number of H-pyrrole nitrogens is 1.